The first-order valence-electron chi connectivity index (χ1n) is 6.00. The van der Waals surface area contributed by atoms with E-state index in [0.29, 0.717) is 5.56 Å². The second-order valence-electron chi connectivity index (χ2n) is 4.40. The van der Waals surface area contributed by atoms with Gasteiger partial charge in [0.1, 0.15) is 0 Å². The van der Waals surface area contributed by atoms with Crippen LogP contribution in [0.1, 0.15) is 25.5 Å². The van der Waals surface area contributed by atoms with Gasteiger partial charge < -0.3 is 9.47 Å². The van der Waals surface area contributed by atoms with Crippen molar-refractivity contribution < 1.29 is 19.1 Å². The maximum absolute atomic E-state index is 11.7. The van der Waals surface area contributed by atoms with Gasteiger partial charge in [-0.25, -0.2) is 4.79 Å². The van der Waals surface area contributed by atoms with Crippen molar-refractivity contribution in [3.05, 3.63) is 48.0 Å². The normalized spacial score (nSPS) is 11.8. The maximum atomic E-state index is 11.7. The fraction of sp³-hybridized carbons (Fsp3) is 0.333. The molecule has 0 aliphatic heterocycles. The van der Waals surface area contributed by atoms with Crippen LogP contribution >= 0.6 is 0 Å². The van der Waals surface area contributed by atoms with E-state index in [0.717, 1.165) is 0 Å². The Bertz CT molecular complexity index is 462. The zero-order chi connectivity index (χ0) is 14.4. The number of carbonyl (C=O) groups excluding carboxylic acids is 2. The molecule has 0 unspecified atom stereocenters. The highest BCUT2D eigenvalue weighted by molar-refractivity contribution is 5.89. The highest BCUT2D eigenvalue weighted by Crippen LogP contribution is 2.26. The van der Waals surface area contributed by atoms with Crippen molar-refractivity contribution >= 4 is 11.9 Å². The lowest BCUT2D eigenvalue weighted by molar-refractivity contribution is -0.153. The Hall–Kier alpha value is -2.10. The van der Waals surface area contributed by atoms with Crippen LogP contribution in [0.15, 0.2) is 42.5 Å². The van der Waals surface area contributed by atoms with E-state index >= 15 is 0 Å². The summed E-state index contributed by atoms with van der Waals surface area (Å²) in [5.41, 5.74) is 0.787. The molecule has 0 saturated carbocycles. The van der Waals surface area contributed by atoms with Gasteiger partial charge in [0.05, 0.1) is 18.6 Å². The molecule has 0 aliphatic carbocycles. The summed E-state index contributed by atoms with van der Waals surface area (Å²) in [6.07, 6.45) is -0.816. The standard InChI is InChI=1S/C15H18O4/c1-10(2)14(16)19-13(11(3)15(17)18-4)12-8-6-5-7-9-12/h5-10,13H,3H2,1-2,4H3/t13-/m1/s1. The Labute approximate surface area is 113 Å². The lowest BCUT2D eigenvalue weighted by Crippen LogP contribution is -2.21. The van der Waals surface area contributed by atoms with Crippen LogP contribution in [-0.2, 0) is 19.1 Å². The molecular formula is C15H18O4. The molecule has 0 spiro atoms. The molecule has 4 heteroatoms. The minimum Gasteiger partial charge on any atom is -0.466 e. The van der Waals surface area contributed by atoms with Crippen LogP contribution in [-0.4, -0.2) is 19.0 Å². The number of benzene rings is 1. The number of hydrogen-bond acceptors (Lipinski definition) is 4. The monoisotopic (exact) mass is 262 g/mol. The molecular weight excluding hydrogens is 244 g/mol. The molecule has 102 valence electrons. The van der Waals surface area contributed by atoms with Crippen molar-refractivity contribution in [3.8, 4) is 0 Å². The van der Waals surface area contributed by atoms with Gasteiger partial charge in [0.15, 0.2) is 6.10 Å². The molecule has 1 aromatic carbocycles. The second-order valence-corrected chi connectivity index (χ2v) is 4.40. The van der Waals surface area contributed by atoms with Gasteiger partial charge in [-0.05, 0) is 5.56 Å². The van der Waals surface area contributed by atoms with Crippen LogP contribution in [0, 0.1) is 5.92 Å². The van der Waals surface area contributed by atoms with Crippen LogP contribution in [0.2, 0.25) is 0 Å². The first-order chi connectivity index (χ1) is 8.97. The van der Waals surface area contributed by atoms with Gasteiger partial charge in [-0.2, -0.15) is 0 Å². The van der Waals surface area contributed by atoms with Crippen LogP contribution < -0.4 is 0 Å². The van der Waals surface area contributed by atoms with Crippen molar-refractivity contribution in [2.45, 2.75) is 20.0 Å². The summed E-state index contributed by atoms with van der Waals surface area (Å²) in [7, 11) is 1.26. The third-order valence-corrected chi connectivity index (χ3v) is 2.57. The van der Waals surface area contributed by atoms with Crippen LogP contribution in [0.4, 0.5) is 0 Å². The molecule has 0 N–H and O–H groups in total. The number of hydrogen-bond donors (Lipinski definition) is 0. The number of rotatable bonds is 5. The minimum atomic E-state index is -0.816. The molecule has 0 radical (unpaired) electrons. The molecule has 1 aromatic rings. The van der Waals surface area contributed by atoms with Crippen molar-refractivity contribution in [2.24, 2.45) is 5.92 Å². The van der Waals surface area contributed by atoms with E-state index in [4.69, 9.17) is 4.74 Å². The predicted molar refractivity (Wildman–Crippen MR) is 71.3 cm³/mol. The van der Waals surface area contributed by atoms with Gasteiger partial charge in [-0.1, -0.05) is 50.8 Å². The summed E-state index contributed by atoms with van der Waals surface area (Å²) < 4.78 is 9.97. The Morgan fingerprint density at radius 3 is 2.21 bits per heavy atom. The van der Waals surface area contributed by atoms with Gasteiger partial charge in [0.25, 0.3) is 0 Å². The SMILES string of the molecule is C=C(C(=O)OC)[C@@H](OC(=O)C(C)C)c1ccccc1. The van der Waals surface area contributed by atoms with Crippen LogP contribution in [0.25, 0.3) is 0 Å². The zero-order valence-electron chi connectivity index (χ0n) is 11.4. The van der Waals surface area contributed by atoms with Crippen molar-refractivity contribution in [1.82, 2.24) is 0 Å². The molecule has 1 atom stereocenters. The topological polar surface area (TPSA) is 52.6 Å². The van der Waals surface area contributed by atoms with Crippen molar-refractivity contribution in [1.29, 1.82) is 0 Å². The van der Waals surface area contributed by atoms with E-state index in [1.54, 1.807) is 38.1 Å². The molecule has 0 bridgehead atoms. The van der Waals surface area contributed by atoms with Crippen molar-refractivity contribution in [3.63, 3.8) is 0 Å². The zero-order valence-corrected chi connectivity index (χ0v) is 11.4. The fourth-order valence-electron chi connectivity index (χ4n) is 1.46. The fourth-order valence-corrected chi connectivity index (χ4v) is 1.46. The minimum absolute atomic E-state index is 0.0997. The number of carbonyl (C=O) groups is 2. The smallest absolute Gasteiger partial charge is 0.337 e. The van der Waals surface area contributed by atoms with Crippen LogP contribution in [0.5, 0.6) is 0 Å². The maximum Gasteiger partial charge on any atom is 0.337 e. The first kappa shape index (κ1) is 15.0. The summed E-state index contributed by atoms with van der Waals surface area (Å²) in [5, 5.41) is 0. The van der Waals surface area contributed by atoms with E-state index in [9.17, 15) is 9.59 Å². The summed E-state index contributed by atoms with van der Waals surface area (Å²) in [6.45, 7) is 7.12. The third kappa shape index (κ3) is 3.95. The Kier molecular flexibility index (Phi) is 5.30. The number of esters is 2. The van der Waals surface area contributed by atoms with E-state index in [1.807, 2.05) is 6.07 Å². The van der Waals surface area contributed by atoms with Gasteiger partial charge in [-0.15, -0.1) is 0 Å². The average molecular weight is 262 g/mol. The molecule has 19 heavy (non-hydrogen) atoms. The number of ether oxygens (including phenoxy) is 2. The highest BCUT2D eigenvalue weighted by atomic mass is 16.6. The third-order valence-electron chi connectivity index (χ3n) is 2.57. The number of methoxy groups -OCH3 is 1. The predicted octanol–water partition coefficient (Wildman–Crippen LogP) is 2.66. The molecule has 0 aliphatic rings. The molecule has 0 amide bonds. The molecule has 0 heterocycles. The Morgan fingerprint density at radius 2 is 1.74 bits per heavy atom. The van der Waals surface area contributed by atoms with E-state index in [2.05, 4.69) is 11.3 Å². The van der Waals surface area contributed by atoms with Crippen LogP contribution in [0.3, 0.4) is 0 Å². The first-order valence-corrected chi connectivity index (χ1v) is 6.00. The van der Waals surface area contributed by atoms with Gasteiger partial charge >= 0.3 is 11.9 Å². The molecule has 0 saturated heterocycles. The van der Waals surface area contributed by atoms with Gasteiger partial charge in [0, 0.05) is 0 Å². The Morgan fingerprint density at radius 1 is 1.16 bits per heavy atom. The lowest BCUT2D eigenvalue weighted by Gasteiger charge is -2.20. The summed E-state index contributed by atoms with van der Waals surface area (Å²) in [5.74, 6) is -1.26. The second kappa shape index (κ2) is 6.73. The van der Waals surface area contributed by atoms with E-state index < -0.39 is 12.1 Å². The van der Waals surface area contributed by atoms with Crippen molar-refractivity contribution in [2.75, 3.05) is 7.11 Å². The molecule has 1 rings (SSSR count). The van der Waals surface area contributed by atoms with Gasteiger partial charge in [0.2, 0.25) is 0 Å². The largest absolute Gasteiger partial charge is 0.466 e. The molecule has 0 fully saturated rings. The quantitative estimate of drug-likeness (QED) is 0.604. The Balaban J connectivity index is 3.01. The van der Waals surface area contributed by atoms with E-state index in [-0.39, 0.29) is 17.5 Å². The summed E-state index contributed by atoms with van der Waals surface area (Å²) in [4.78, 5) is 23.3. The molecule has 4 nitrogen and oxygen atoms in total. The highest BCUT2D eigenvalue weighted by Gasteiger charge is 2.26. The molecule has 0 aromatic heterocycles. The average Bonchev–Trinajstić information content (AvgIpc) is 2.43. The summed E-state index contributed by atoms with van der Waals surface area (Å²) >= 11 is 0. The lowest BCUT2D eigenvalue weighted by atomic mass is 10.0. The summed E-state index contributed by atoms with van der Waals surface area (Å²) in [6, 6.07) is 8.98. The van der Waals surface area contributed by atoms with E-state index in [1.165, 1.54) is 7.11 Å². The van der Waals surface area contributed by atoms with Gasteiger partial charge in [-0.3, -0.25) is 4.79 Å².